The van der Waals surface area contributed by atoms with Crippen molar-refractivity contribution >= 4 is 29.0 Å². The third-order valence-electron chi connectivity index (χ3n) is 3.24. The molecule has 1 aromatic heterocycles. The molecule has 16 heavy (non-hydrogen) atoms. The van der Waals surface area contributed by atoms with Gasteiger partial charge in [-0.1, -0.05) is 23.2 Å². The van der Waals surface area contributed by atoms with E-state index >= 15 is 0 Å². The minimum Gasteiger partial charge on any atom is -0.373 e. The van der Waals surface area contributed by atoms with Crippen molar-refractivity contribution in [1.82, 2.24) is 4.98 Å². The quantitative estimate of drug-likeness (QED) is 0.886. The first-order chi connectivity index (χ1) is 7.72. The maximum Gasteiger partial charge on any atom is 0.145 e. The fourth-order valence-electron chi connectivity index (χ4n) is 2.49. The number of anilines is 1. The molecule has 3 nitrogen and oxygen atoms in total. The summed E-state index contributed by atoms with van der Waals surface area (Å²) in [6.45, 7) is 0. The number of hydrogen-bond acceptors (Lipinski definition) is 3. The monoisotopic (exact) mass is 258 g/mol. The molecular weight excluding hydrogens is 247 g/mol. The SMILES string of the molecule is Clc1cnc(N[C@@H]2C[C@H]3CC[C@H]2O3)c(Cl)c1. The van der Waals surface area contributed by atoms with Crippen LogP contribution in [0.15, 0.2) is 12.3 Å². The van der Waals surface area contributed by atoms with Gasteiger partial charge in [0.2, 0.25) is 0 Å². The second kappa shape index (κ2) is 4.06. The number of hydrogen-bond donors (Lipinski definition) is 1. The molecule has 0 saturated carbocycles. The summed E-state index contributed by atoms with van der Waals surface area (Å²) in [6.07, 6.45) is 5.71. The van der Waals surface area contributed by atoms with Gasteiger partial charge in [0.1, 0.15) is 5.82 Å². The molecule has 2 aliphatic rings. The largest absolute Gasteiger partial charge is 0.373 e. The molecule has 2 saturated heterocycles. The van der Waals surface area contributed by atoms with Gasteiger partial charge in [-0.05, 0) is 25.3 Å². The van der Waals surface area contributed by atoms with Crippen LogP contribution >= 0.6 is 23.2 Å². The zero-order valence-corrected chi connectivity index (χ0v) is 10.1. The molecule has 3 atom stereocenters. The summed E-state index contributed by atoms with van der Waals surface area (Å²) < 4.78 is 5.76. The van der Waals surface area contributed by atoms with E-state index in [1.807, 2.05) is 0 Å². The van der Waals surface area contributed by atoms with Gasteiger partial charge in [-0.15, -0.1) is 0 Å². The van der Waals surface area contributed by atoms with E-state index in [9.17, 15) is 0 Å². The smallest absolute Gasteiger partial charge is 0.145 e. The van der Waals surface area contributed by atoms with Gasteiger partial charge < -0.3 is 10.1 Å². The molecule has 0 radical (unpaired) electrons. The van der Waals surface area contributed by atoms with Gasteiger partial charge in [0.05, 0.1) is 28.3 Å². The van der Waals surface area contributed by atoms with E-state index in [4.69, 9.17) is 27.9 Å². The highest BCUT2D eigenvalue weighted by Crippen LogP contribution is 2.36. The number of halogens is 2. The average molecular weight is 259 g/mol. The topological polar surface area (TPSA) is 34.2 Å². The van der Waals surface area contributed by atoms with Crippen LogP contribution in [0, 0.1) is 0 Å². The number of aromatic nitrogens is 1. The number of fused-ring (bicyclic) bond motifs is 2. The van der Waals surface area contributed by atoms with Crippen molar-refractivity contribution in [2.45, 2.75) is 37.5 Å². The van der Waals surface area contributed by atoms with Crippen molar-refractivity contribution < 1.29 is 4.74 Å². The van der Waals surface area contributed by atoms with Gasteiger partial charge in [-0.2, -0.15) is 0 Å². The molecule has 0 aliphatic carbocycles. The second-order valence-corrected chi connectivity index (χ2v) is 5.19. The lowest BCUT2D eigenvalue weighted by molar-refractivity contribution is 0.102. The number of ether oxygens (including phenoxy) is 1. The van der Waals surface area contributed by atoms with E-state index in [1.54, 1.807) is 12.3 Å². The molecule has 5 heteroatoms. The standard InChI is InChI=1S/C11H12Cl2N2O/c12-6-3-8(13)11(14-5-6)15-9-4-7-1-2-10(9)16-7/h3,5,7,9-10H,1-2,4H2,(H,14,15)/t7-,9-,10-/m1/s1. The molecular formula is C11H12Cl2N2O. The molecule has 3 rings (SSSR count). The van der Waals surface area contributed by atoms with Crippen LogP contribution in [0.5, 0.6) is 0 Å². The molecule has 1 N–H and O–H groups in total. The highest BCUT2D eigenvalue weighted by Gasteiger charge is 2.40. The molecule has 1 aromatic rings. The molecule has 0 aromatic carbocycles. The first-order valence-corrected chi connectivity index (χ1v) is 6.21. The first kappa shape index (κ1) is 10.6. The van der Waals surface area contributed by atoms with E-state index in [2.05, 4.69) is 10.3 Å². The Balaban J connectivity index is 1.74. The van der Waals surface area contributed by atoms with Gasteiger partial charge in [0.25, 0.3) is 0 Å². The summed E-state index contributed by atoms with van der Waals surface area (Å²) in [4.78, 5) is 4.19. The van der Waals surface area contributed by atoms with Crippen LogP contribution in [0.1, 0.15) is 19.3 Å². The lowest BCUT2D eigenvalue weighted by Crippen LogP contribution is -2.30. The average Bonchev–Trinajstić information content (AvgIpc) is 2.84. The van der Waals surface area contributed by atoms with Crippen LogP contribution in [0.2, 0.25) is 10.0 Å². The summed E-state index contributed by atoms with van der Waals surface area (Å²) >= 11 is 11.9. The van der Waals surface area contributed by atoms with Crippen LogP contribution in [0.25, 0.3) is 0 Å². The summed E-state index contributed by atoms with van der Waals surface area (Å²) in [6, 6.07) is 2.04. The lowest BCUT2D eigenvalue weighted by Gasteiger charge is -2.21. The highest BCUT2D eigenvalue weighted by atomic mass is 35.5. The van der Waals surface area contributed by atoms with Crippen molar-refractivity contribution in [2.24, 2.45) is 0 Å². The molecule has 3 heterocycles. The van der Waals surface area contributed by atoms with Crippen LogP contribution in [0.4, 0.5) is 5.82 Å². The van der Waals surface area contributed by atoms with Crippen LogP contribution in [-0.2, 0) is 4.74 Å². The van der Waals surface area contributed by atoms with Gasteiger partial charge >= 0.3 is 0 Å². The van der Waals surface area contributed by atoms with Gasteiger partial charge in [0.15, 0.2) is 0 Å². The van der Waals surface area contributed by atoms with Gasteiger partial charge in [-0.25, -0.2) is 4.98 Å². The summed E-state index contributed by atoms with van der Waals surface area (Å²) in [5, 5.41) is 4.46. The van der Waals surface area contributed by atoms with E-state index in [-0.39, 0.29) is 0 Å². The molecule has 2 fully saturated rings. The summed E-state index contributed by atoms with van der Waals surface area (Å²) in [5.74, 6) is 0.701. The third-order valence-corrected chi connectivity index (χ3v) is 3.73. The zero-order chi connectivity index (χ0) is 11.1. The predicted molar refractivity (Wildman–Crippen MR) is 64.2 cm³/mol. The number of nitrogens with zero attached hydrogens (tertiary/aromatic N) is 1. The Morgan fingerprint density at radius 2 is 2.25 bits per heavy atom. The van der Waals surface area contributed by atoms with E-state index in [1.165, 1.54) is 6.42 Å². The Morgan fingerprint density at radius 1 is 1.38 bits per heavy atom. The second-order valence-electron chi connectivity index (χ2n) is 4.34. The van der Waals surface area contributed by atoms with Crippen molar-refractivity contribution in [2.75, 3.05) is 5.32 Å². The first-order valence-electron chi connectivity index (χ1n) is 5.45. The van der Waals surface area contributed by atoms with E-state index in [0.717, 1.165) is 12.8 Å². The number of nitrogens with one attached hydrogen (secondary N) is 1. The molecule has 2 aliphatic heterocycles. The fourth-order valence-corrected chi connectivity index (χ4v) is 2.92. The normalized spacial score (nSPS) is 32.0. The maximum absolute atomic E-state index is 6.06. The number of rotatable bonds is 2. The highest BCUT2D eigenvalue weighted by molar-refractivity contribution is 6.35. The fraction of sp³-hybridized carbons (Fsp3) is 0.545. The number of pyridine rings is 1. The Hall–Kier alpha value is -0.510. The van der Waals surface area contributed by atoms with Gasteiger partial charge in [-0.3, -0.25) is 0 Å². The zero-order valence-electron chi connectivity index (χ0n) is 8.62. The third kappa shape index (κ3) is 1.88. The van der Waals surface area contributed by atoms with Crippen LogP contribution < -0.4 is 5.32 Å². The van der Waals surface area contributed by atoms with E-state index in [0.29, 0.717) is 34.1 Å². The summed E-state index contributed by atoms with van der Waals surface area (Å²) in [5.41, 5.74) is 0. The lowest BCUT2D eigenvalue weighted by atomic mass is 9.95. The molecule has 0 spiro atoms. The van der Waals surface area contributed by atoms with Crippen molar-refractivity contribution in [3.05, 3.63) is 22.3 Å². The minimum absolute atomic E-state index is 0.318. The maximum atomic E-state index is 6.06. The van der Waals surface area contributed by atoms with Crippen LogP contribution in [0.3, 0.4) is 0 Å². The predicted octanol–water partition coefficient (Wildman–Crippen LogP) is 3.12. The summed E-state index contributed by atoms with van der Waals surface area (Å²) in [7, 11) is 0. The Morgan fingerprint density at radius 3 is 2.88 bits per heavy atom. The van der Waals surface area contributed by atoms with Crippen LogP contribution in [-0.4, -0.2) is 23.2 Å². The molecule has 0 unspecified atom stereocenters. The van der Waals surface area contributed by atoms with Crippen molar-refractivity contribution in [3.8, 4) is 0 Å². The van der Waals surface area contributed by atoms with Crippen molar-refractivity contribution in [3.63, 3.8) is 0 Å². The van der Waals surface area contributed by atoms with E-state index < -0.39 is 0 Å². The molecule has 2 bridgehead atoms. The molecule has 0 amide bonds. The Kier molecular flexibility index (Phi) is 2.70. The Labute approximate surface area is 104 Å². The van der Waals surface area contributed by atoms with Gasteiger partial charge in [0, 0.05) is 6.20 Å². The Bertz CT molecular complexity index is 413. The van der Waals surface area contributed by atoms with Crippen molar-refractivity contribution in [1.29, 1.82) is 0 Å². The molecule has 86 valence electrons. The minimum atomic E-state index is 0.318.